The fourth-order valence-corrected chi connectivity index (χ4v) is 4.14. The van der Waals surface area contributed by atoms with E-state index in [-0.39, 0.29) is 5.41 Å². The molecular weight excluding hydrogens is 332 g/mol. The molecule has 0 amide bonds. The topological polar surface area (TPSA) is 34.6 Å². The van der Waals surface area contributed by atoms with Gasteiger partial charge in [0.15, 0.2) is 0 Å². The van der Waals surface area contributed by atoms with Gasteiger partial charge in [-0.25, -0.2) is 4.98 Å². The van der Waals surface area contributed by atoms with Crippen molar-refractivity contribution in [1.82, 2.24) is 9.88 Å². The SMILES string of the molecule is COCc1cccc(OCC2(CN(C)Cc3csc(C)n3)CCC2)c1. The van der Waals surface area contributed by atoms with E-state index in [1.807, 2.05) is 12.1 Å². The minimum absolute atomic E-state index is 0.275. The quantitative estimate of drug-likeness (QED) is 0.668. The molecule has 1 aliphatic rings. The van der Waals surface area contributed by atoms with Gasteiger partial charge in [-0.1, -0.05) is 18.6 Å². The first-order valence-electron chi connectivity index (χ1n) is 8.89. The molecule has 1 aromatic carbocycles. The Labute approximate surface area is 154 Å². The Kier molecular flexibility index (Phi) is 6.10. The fraction of sp³-hybridized carbons (Fsp3) is 0.550. The van der Waals surface area contributed by atoms with Crippen LogP contribution in [0.25, 0.3) is 0 Å². The first kappa shape index (κ1) is 18.4. The molecule has 0 bridgehead atoms. The summed E-state index contributed by atoms with van der Waals surface area (Å²) in [6, 6.07) is 8.22. The lowest BCUT2D eigenvalue weighted by atomic mass is 9.69. The molecule has 1 aromatic heterocycles. The molecule has 1 heterocycles. The van der Waals surface area contributed by atoms with Crippen LogP contribution in [0.15, 0.2) is 29.6 Å². The van der Waals surface area contributed by atoms with E-state index in [1.165, 1.54) is 25.0 Å². The third kappa shape index (κ3) is 5.03. The Morgan fingerprint density at radius 2 is 2.16 bits per heavy atom. The molecule has 0 unspecified atom stereocenters. The highest BCUT2D eigenvalue weighted by molar-refractivity contribution is 7.09. The number of hydrogen-bond acceptors (Lipinski definition) is 5. The van der Waals surface area contributed by atoms with Crippen LogP contribution < -0.4 is 4.74 Å². The number of nitrogens with zero attached hydrogens (tertiary/aromatic N) is 2. The van der Waals surface area contributed by atoms with Crippen molar-refractivity contribution in [1.29, 1.82) is 0 Å². The molecule has 4 nitrogen and oxygen atoms in total. The summed E-state index contributed by atoms with van der Waals surface area (Å²) in [6.45, 7) is 5.44. The fourth-order valence-electron chi connectivity index (χ4n) is 3.54. The molecule has 136 valence electrons. The highest BCUT2D eigenvalue weighted by atomic mass is 32.1. The lowest BCUT2D eigenvalue weighted by molar-refractivity contribution is 0.0227. The standard InChI is InChI=1S/C20H28N2O2S/c1-16-21-18(13-25-16)11-22(2)14-20(8-5-9-20)15-24-19-7-4-6-17(10-19)12-23-3/h4,6-7,10,13H,5,8-9,11-12,14-15H2,1-3H3. The number of aromatic nitrogens is 1. The zero-order valence-corrected chi connectivity index (χ0v) is 16.3. The van der Waals surface area contributed by atoms with Crippen LogP contribution in [0.1, 0.15) is 35.5 Å². The van der Waals surface area contributed by atoms with E-state index in [9.17, 15) is 0 Å². The van der Waals surface area contributed by atoms with Gasteiger partial charge in [0, 0.05) is 31.0 Å². The average molecular weight is 361 g/mol. The Balaban J connectivity index is 1.54. The second-order valence-electron chi connectivity index (χ2n) is 7.25. The van der Waals surface area contributed by atoms with Crippen LogP contribution in [-0.2, 0) is 17.9 Å². The summed E-state index contributed by atoms with van der Waals surface area (Å²) in [7, 11) is 3.91. The molecule has 0 aliphatic heterocycles. The molecule has 0 saturated heterocycles. The molecule has 3 rings (SSSR count). The minimum atomic E-state index is 0.275. The Morgan fingerprint density at radius 3 is 2.80 bits per heavy atom. The molecular formula is C20H28N2O2S. The van der Waals surface area contributed by atoms with E-state index in [0.29, 0.717) is 6.61 Å². The molecule has 0 spiro atoms. The van der Waals surface area contributed by atoms with Crippen molar-refractivity contribution in [2.45, 2.75) is 39.3 Å². The number of rotatable bonds is 9. The maximum Gasteiger partial charge on any atom is 0.119 e. The van der Waals surface area contributed by atoms with Gasteiger partial charge in [0.1, 0.15) is 5.75 Å². The van der Waals surface area contributed by atoms with Crippen molar-refractivity contribution in [3.63, 3.8) is 0 Å². The van der Waals surface area contributed by atoms with Crippen LogP contribution in [0.3, 0.4) is 0 Å². The van der Waals surface area contributed by atoms with Gasteiger partial charge in [0.05, 0.1) is 23.9 Å². The Bertz CT molecular complexity index is 682. The summed E-state index contributed by atoms with van der Waals surface area (Å²) in [5.74, 6) is 0.943. The second kappa shape index (κ2) is 8.30. The number of hydrogen-bond donors (Lipinski definition) is 0. The van der Waals surface area contributed by atoms with Crippen LogP contribution in [0.2, 0.25) is 0 Å². The van der Waals surface area contributed by atoms with Gasteiger partial charge in [-0.2, -0.15) is 0 Å². The molecule has 0 radical (unpaired) electrons. The third-order valence-corrected chi connectivity index (χ3v) is 5.69. The monoisotopic (exact) mass is 360 g/mol. The third-order valence-electron chi connectivity index (χ3n) is 4.87. The molecule has 0 N–H and O–H groups in total. The van der Waals surface area contributed by atoms with Gasteiger partial charge in [-0.3, -0.25) is 4.90 Å². The zero-order valence-electron chi connectivity index (χ0n) is 15.5. The summed E-state index contributed by atoms with van der Waals surface area (Å²) < 4.78 is 11.4. The highest BCUT2D eigenvalue weighted by Gasteiger charge is 2.38. The molecule has 1 saturated carbocycles. The summed E-state index contributed by atoms with van der Waals surface area (Å²) in [5, 5.41) is 3.30. The highest BCUT2D eigenvalue weighted by Crippen LogP contribution is 2.42. The second-order valence-corrected chi connectivity index (χ2v) is 8.32. The minimum Gasteiger partial charge on any atom is -0.493 e. The van der Waals surface area contributed by atoms with Crippen LogP contribution in [-0.4, -0.2) is 37.2 Å². The van der Waals surface area contributed by atoms with Crippen molar-refractivity contribution >= 4 is 11.3 Å². The van der Waals surface area contributed by atoms with Gasteiger partial charge in [0.25, 0.3) is 0 Å². The number of thiazole rings is 1. The van der Waals surface area contributed by atoms with Crippen LogP contribution in [0, 0.1) is 12.3 Å². The summed E-state index contributed by atoms with van der Waals surface area (Å²) >= 11 is 1.72. The van der Waals surface area contributed by atoms with Gasteiger partial charge < -0.3 is 9.47 Å². The van der Waals surface area contributed by atoms with Gasteiger partial charge in [-0.05, 0) is 44.5 Å². The van der Waals surface area contributed by atoms with Crippen molar-refractivity contribution in [2.24, 2.45) is 5.41 Å². The van der Waals surface area contributed by atoms with Crippen molar-refractivity contribution in [3.05, 3.63) is 45.9 Å². The van der Waals surface area contributed by atoms with Gasteiger partial charge >= 0.3 is 0 Å². The summed E-state index contributed by atoms with van der Waals surface area (Å²) in [5.41, 5.74) is 2.60. The van der Waals surface area contributed by atoms with Gasteiger partial charge in [-0.15, -0.1) is 11.3 Å². The number of ether oxygens (including phenoxy) is 2. The number of aryl methyl sites for hydroxylation is 1. The van der Waals surface area contributed by atoms with E-state index >= 15 is 0 Å². The molecule has 5 heteroatoms. The van der Waals surface area contributed by atoms with E-state index in [0.717, 1.165) is 36.0 Å². The first-order chi connectivity index (χ1) is 12.1. The van der Waals surface area contributed by atoms with E-state index in [4.69, 9.17) is 9.47 Å². The summed E-state index contributed by atoms with van der Waals surface area (Å²) in [4.78, 5) is 6.97. The maximum atomic E-state index is 6.16. The van der Waals surface area contributed by atoms with Crippen molar-refractivity contribution < 1.29 is 9.47 Å². The Hall–Kier alpha value is -1.43. The van der Waals surface area contributed by atoms with Crippen LogP contribution in [0.5, 0.6) is 5.75 Å². The van der Waals surface area contributed by atoms with Crippen molar-refractivity contribution in [2.75, 3.05) is 27.3 Å². The zero-order chi connectivity index (χ0) is 17.7. The molecule has 0 atom stereocenters. The van der Waals surface area contributed by atoms with Crippen molar-refractivity contribution in [3.8, 4) is 5.75 Å². The number of methoxy groups -OCH3 is 1. The maximum absolute atomic E-state index is 6.16. The smallest absolute Gasteiger partial charge is 0.119 e. The lowest BCUT2D eigenvalue weighted by Gasteiger charge is -2.43. The average Bonchev–Trinajstić information content (AvgIpc) is 2.95. The van der Waals surface area contributed by atoms with E-state index in [1.54, 1.807) is 18.4 Å². The molecule has 1 aliphatic carbocycles. The van der Waals surface area contributed by atoms with Crippen LogP contribution in [0.4, 0.5) is 0 Å². The van der Waals surface area contributed by atoms with Gasteiger partial charge in [0.2, 0.25) is 0 Å². The predicted molar refractivity (Wildman–Crippen MR) is 102 cm³/mol. The molecule has 2 aromatic rings. The molecule has 1 fully saturated rings. The Morgan fingerprint density at radius 1 is 1.32 bits per heavy atom. The lowest BCUT2D eigenvalue weighted by Crippen LogP contribution is -2.44. The largest absolute Gasteiger partial charge is 0.493 e. The van der Waals surface area contributed by atoms with E-state index in [2.05, 4.69) is 41.4 Å². The predicted octanol–water partition coefficient (Wildman–Crippen LogP) is 4.28. The summed E-state index contributed by atoms with van der Waals surface area (Å²) in [6.07, 6.45) is 3.78. The first-order valence-corrected chi connectivity index (χ1v) is 9.77. The molecule has 25 heavy (non-hydrogen) atoms. The normalized spacial score (nSPS) is 16.0. The number of benzene rings is 1. The van der Waals surface area contributed by atoms with E-state index < -0.39 is 0 Å². The van der Waals surface area contributed by atoms with Crippen LogP contribution >= 0.6 is 11.3 Å².